The summed E-state index contributed by atoms with van der Waals surface area (Å²) in [4.78, 5) is 37.5. The molecule has 2 aromatic rings. The van der Waals surface area contributed by atoms with Gasteiger partial charge in [0.15, 0.2) is 22.4 Å². The summed E-state index contributed by atoms with van der Waals surface area (Å²) in [6.45, 7) is 3.64. The van der Waals surface area contributed by atoms with Crippen LogP contribution in [-0.2, 0) is 20.8 Å². The van der Waals surface area contributed by atoms with Crippen molar-refractivity contribution < 1.29 is 29.0 Å². The van der Waals surface area contributed by atoms with E-state index in [1.807, 2.05) is 55.5 Å². The minimum Gasteiger partial charge on any atom is -0.480 e. The molecule has 2 aromatic carbocycles. The number of aliphatic carboxylic acids is 1. The van der Waals surface area contributed by atoms with E-state index in [0.717, 1.165) is 30.2 Å². The molecule has 3 atom stereocenters. The lowest BCUT2D eigenvalue weighted by Gasteiger charge is -2.27. The Kier molecular flexibility index (Phi) is 9.53. The monoisotopic (exact) mass is 485 g/mol. The van der Waals surface area contributed by atoms with E-state index in [1.165, 1.54) is 6.92 Å². The number of rotatable bonds is 13. The molecule has 34 heavy (non-hydrogen) atoms. The van der Waals surface area contributed by atoms with Gasteiger partial charge in [0.25, 0.3) is 0 Å². The molecule has 182 valence electrons. The summed E-state index contributed by atoms with van der Waals surface area (Å²) in [5, 5.41) is 12.8. The smallest absolute Gasteiger partial charge is 0.320 e. The van der Waals surface area contributed by atoms with Gasteiger partial charge in [-0.3, -0.25) is 19.7 Å². The molecule has 8 heteroatoms. The number of thioether (sulfide) groups is 1. The van der Waals surface area contributed by atoms with Crippen molar-refractivity contribution in [1.29, 1.82) is 0 Å². The van der Waals surface area contributed by atoms with E-state index < -0.39 is 24.0 Å². The fourth-order valence-electron chi connectivity index (χ4n) is 3.92. The number of nitrogens with one attached hydrogen (secondary N) is 1. The Bertz CT molecular complexity index is 996. The standard InChI is InChI=1S/C26H31NO6S/c1-3-4-10-21(26(30)31)27-24(19-8-6-5-7-9-19)25(29)20(15-34-17(2)28)13-18-11-12-22-23(14-18)33-16-32-22/h5-9,11-12,14,20-21,24,27H,3-4,10,13,15-16H2,1-2H3,(H,30,31)/t20-,21?,24?/m1/s1. The Hall–Kier alpha value is -2.84. The molecule has 0 spiro atoms. The Morgan fingerprint density at radius 2 is 1.82 bits per heavy atom. The van der Waals surface area contributed by atoms with Gasteiger partial charge in [0.2, 0.25) is 6.79 Å². The van der Waals surface area contributed by atoms with Crippen LogP contribution in [-0.4, -0.2) is 40.6 Å². The summed E-state index contributed by atoms with van der Waals surface area (Å²) >= 11 is 1.10. The highest BCUT2D eigenvalue weighted by molar-refractivity contribution is 8.13. The zero-order chi connectivity index (χ0) is 24.5. The molecular weight excluding hydrogens is 454 g/mol. The summed E-state index contributed by atoms with van der Waals surface area (Å²) in [5.74, 6) is -0.0270. The maximum atomic E-state index is 13.9. The summed E-state index contributed by atoms with van der Waals surface area (Å²) < 4.78 is 10.8. The highest BCUT2D eigenvalue weighted by atomic mass is 32.2. The molecule has 2 unspecified atom stereocenters. The molecule has 0 radical (unpaired) electrons. The number of ether oxygens (including phenoxy) is 2. The Labute approximate surface area is 204 Å². The highest BCUT2D eigenvalue weighted by Gasteiger charge is 2.32. The SMILES string of the molecule is CCCCC(NC(C(=O)[C@@H](CSC(C)=O)Cc1ccc2c(c1)OCO2)c1ccccc1)C(=O)O. The van der Waals surface area contributed by atoms with Crippen LogP contribution in [0, 0.1) is 5.92 Å². The number of hydrogen-bond acceptors (Lipinski definition) is 7. The fourth-order valence-corrected chi connectivity index (χ4v) is 4.64. The summed E-state index contributed by atoms with van der Waals surface area (Å²) in [7, 11) is 0. The van der Waals surface area contributed by atoms with Crippen LogP contribution in [0.4, 0.5) is 0 Å². The van der Waals surface area contributed by atoms with Crippen molar-refractivity contribution in [3.8, 4) is 11.5 Å². The molecule has 0 aromatic heterocycles. The molecule has 0 saturated carbocycles. The number of carboxylic acid groups (broad SMARTS) is 1. The van der Waals surface area contributed by atoms with E-state index in [4.69, 9.17) is 9.47 Å². The van der Waals surface area contributed by atoms with Gasteiger partial charge in [0, 0.05) is 18.6 Å². The van der Waals surface area contributed by atoms with Crippen LogP contribution in [0.2, 0.25) is 0 Å². The van der Waals surface area contributed by atoms with Crippen molar-refractivity contribution in [3.05, 3.63) is 59.7 Å². The molecule has 1 aliphatic rings. The lowest BCUT2D eigenvalue weighted by molar-refractivity contribution is -0.140. The number of fused-ring (bicyclic) bond motifs is 1. The second-order valence-corrected chi connectivity index (χ2v) is 9.53. The maximum absolute atomic E-state index is 13.9. The van der Waals surface area contributed by atoms with E-state index in [1.54, 1.807) is 0 Å². The van der Waals surface area contributed by atoms with Crippen molar-refractivity contribution >= 4 is 28.6 Å². The lowest BCUT2D eigenvalue weighted by Crippen LogP contribution is -2.44. The summed E-state index contributed by atoms with van der Waals surface area (Å²) in [5.41, 5.74) is 1.60. The normalized spacial score (nSPS) is 14.9. The zero-order valence-corrected chi connectivity index (χ0v) is 20.3. The molecule has 7 nitrogen and oxygen atoms in total. The molecule has 1 heterocycles. The Morgan fingerprint density at radius 1 is 1.09 bits per heavy atom. The van der Waals surface area contributed by atoms with Crippen LogP contribution in [0.1, 0.15) is 50.3 Å². The number of unbranched alkanes of at least 4 members (excludes halogenated alkanes) is 1. The van der Waals surface area contributed by atoms with Gasteiger partial charge in [-0.15, -0.1) is 0 Å². The van der Waals surface area contributed by atoms with Crippen LogP contribution in [0.3, 0.4) is 0 Å². The van der Waals surface area contributed by atoms with Gasteiger partial charge in [-0.05, 0) is 36.1 Å². The Morgan fingerprint density at radius 3 is 2.50 bits per heavy atom. The molecule has 0 aliphatic carbocycles. The minimum atomic E-state index is -0.979. The van der Waals surface area contributed by atoms with Crippen molar-refractivity contribution in [3.63, 3.8) is 0 Å². The van der Waals surface area contributed by atoms with E-state index in [2.05, 4.69) is 5.32 Å². The predicted octanol–water partition coefficient (Wildman–Crippen LogP) is 4.40. The van der Waals surface area contributed by atoms with E-state index in [0.29, 0.717) is 35.7 Å². The van der Waals surface area contributed by atoms with Gasteiger partial charge in [-0.2, -0.15) is 0 Å². The fraction of sp³-hybridized carbons (Fsp3) is 0.423. The van der Waals surface area contributed by atoms with Crippen LogP contribution in [0.25, 0.3) is 0 Å². The summed E-state index contributed by atoms with van der Waals surface area (Å²) in [6.07, 6.45) is 2.42. The van der Waals surface area contributed by atoms with Crippen LogP contribution >= 0.6 is 11.8 Å². The molecule has 3 rings (SSSR count). The summed E-state index contributed by atoms with van der Waals surface area (Å²) in [6, 6.07) is 13.1. The predicted molar refractivity (Wildman–Crippen MR) is 131 cm³/mol. The first-order valence-corrected chi connectivity index (χ1v) is 12.5. The van der Waals surface area contributed by atoms with Crippen molar-refractivity contribution in [2.45, 2.75) is 51.6 Å². The third-order valence-corrected chi connectivity index (χ3v) is 6.71. The number of carbonyl (C=O) groups excluding carboxylic acids is 2. The van der Waals surface area contributed by atoms with E-state index in [9.17, 15) is 19.5 Å². The average molecular weight is 486 g/mol. The van der Waals surface area contributed by atoms with Gasteiger partial charge in [-0.1, -0.05) is 67.9 Å². The minimum absolute atomic E-state index is 0.0703. The molecule has 0 amide bonds. The molecule has 1 aliphatic heterocycles. The quantitative estimate of drug-likeness (QED) is 0.431. The third kappa shape index (κ3) is 7.08. The number of Topliss-reactive ketones (excluding diaryl/α,β-unsaturated/α-hetero) is 1. The molecule has 0 saturated heterocycles. The number of carbonyl (C=O) groups is 3. The molecule has 0 fully saturated rings. The van der Waals surface area contributed by atoms with Gasteiger partial charge >= 0.3 is 5.97 Å². The maximum Gasteiger partial charge on any atom is 0.320 e. The molecule has 2 N–H and O–H groups in total. The van der Waals surface area contributed by atoms with Gasteiger partial charge in [-0.25, -0.2) is 0 Å². The van der Waals surface area contributed by atoms with Crippen LogP contribution in [0.5, 0.6) is 11.5 Å². The third-order valence-electron chi connectivity index (χ3n) is 5.74. The zero-order valence-electron chi connectivity index (χ0n) is 19.5. The van der Waals surface area contributed by atoms with Crippen LogP contribution < -0.4 is 14.8 Å². The Balaban J connectivity index is 1.89. The topological polar surface area (TPSA) is 102 Å². The lowest BCUT2D eigenvalue weighted by atomic mass is 9.88. The second-order valence-electron chi connectivity index (χ2n) is 8.34. The average Bonchev–Trinajstić information content (AvgIpc) is 3.29. The van der Waals surface area contributed by atoms with Crippen LogP contribution in [0.15, 0.2) is 48.5 Å². The highest BCUT2D eigenvalue weighted by Crippen LogP contribution is 2.34. The van der Waals surface area contributed by atoms with E-state index >= 15 is 0 Å². The molecule has 0 bridgehead atoms. The van der Waals surface area contributed by atoms with E-state index in [-0.39, 0.29) is 17.7 Å². The van der Waals surface area contributed by atoms with Gasteiger partial charge in [0.05, 0.1) is 6.04 Å². The second kappa shape index (κ2) is 12.6. The first-order valence-electron chi connectivity index (χ1n) is 11.5. The first kappa shape index (κ1) is 25.8. The number of benzene rings is 2. The largest absolute Gasteiger partial charge is 0.480 e. The van der Waals surface area contributed by atoms with Crippen molar-refractivity contribution in [1.82, 2.24) is 5.32 Å². The van der Waals surface area contributed by atoms with Gasteiger partial charge < -0.3 is 14.6 Å². The van der Waals surface area contributed by atoms with Crippen molar-refractivity contribution in [2.24, 2.45) is 5.92 Å². The number of hydrogen-bond donors (Lipinski definition) is 2. The van der Waals surface area contributed by atoms with Gasteiger partial charge in [0.1, 0.15) is 6.04 Å². The number of ketones is 1. The van der Waals surface area contributed by atoms with Crippen molar-refractivity contribution in [2.75, 3.05) is 12.5 Å². The first-order chi connectivity index (χ1) is 16.4. The molecular formula is C26H31NO6S. The number of carboxylic acids is 1.